The molecule has 0 amide bonds. The molecular weight excluding hydrogens is 473 g/mol. The van der Waals surface area contributed by atoms with Gasteiger partial charge in [0, 0.05) is 17.1 Å². The maximum atomic E-state index is 12.7. The molecule has 1 aliphatic rings. The summed E-state index contributed by atoms with van der Waals surface area (Å²) in [6, 6.07) is 11.2. The van der Waals surface area contributed by atoms with E-state index in [-0.39, 0.29) is 11.7 Å². The molecule has 174 valence electrons. The molecule has 3 rings (SSSR count). The van der Waals surface area contributed by atoms with Crippen LogP contribution in [0.4, 0.5) is 24.5 Å². The number of thiocarbonyl (C=S) groups is 2. The van der Waals surface area contributed by atoms with Crippen LogP contribution in [0.5, 0.6) is 0 Å². The number of esters is 1. The number of hydrogen-bond donors (Lipinski definition) is 4. The fourth-order valence-electron chi connectivity index (χ4n) is 3.22. The zero-order chi connectivity index (χ0) is 24.2. The van der Waals surface area contributed by atoms with Gasteiger partial charge < -0.3 is 26.0 Å². The quantitative estimate of drug-likeness (QED) is 0.347. The molecule has 0 spiro atoms. The Morgan fingerprint density at radius 3 is 2.12 bits per heavy atom. The zero-order valence-electron chi connectivity index (χ0n) is 17.7. The van der Waals surface area contributed by atoms with Crippen molar-refractivity contribution >= 4 is 52.0 Å². The van der Waals surface area contributed by atoms with Crippen molar-refractivity contribution in [3.05, 3.63) is 70.9 Å². The predicted molar refractivity (Wildman–Crippen MR) is 129 cm³/mol. The van der Waals surface area contributed by atoms with E-state index in [2.05, 4.69) is 21.3 Å². The van der Waals surface area contributed by atoms with Gasteiger partial charge in [0.25, 0.3) is 0 Å². The summed E-state index contributed by atoms with van der Waals surface area (Å²) < 4.78 is 43.2. The van der Waals surface area contributed by atoms with Crippen molar-refractivity contribution in [3.8, 4) is 0 Å². The van der Waals surface area contributed by atoms with Crippen molar-refractivity contribution in [2.45, 2.75) is 26.1 Å². The van der Waals surface area contributed by atoms with E-state index in [0.717, 1.165) is 17.7 Å². The number of carbonyl (C=O) groups is 1. The summed E-state index contributed by atoms with van der Waals surface area (Å²) >= 11 is 10.5. The van der Waals surface area contributed by atoms with E-state index in [9.17, 15) is 18.0 Å². The highest BCUT2D eigenvalue weighted by molar-refractivity contribution is 7.80. The minimum atomic E-state index is -4.40. The Balaban J connectivity index is 1.69. The molecule has 0 saturated carbocycles. The first-order valence-corrected chi connectivity index (χ1v) is 10.7. The predicted octanol–water partition coefficient (Wildman–Crippen LogP) is 4.87. The summed E-state index contributed by atoms with van der Waals surface area (Å²) in [6.07, 6.45) is -4.40. The third kappa shape index (κ3) is 6.20. The van der Waals surface area contributed by atoms with Gasteiger partial charge in [-0.2, -0.15) is 13.2 Å². The van der Waals surface area contributed by atoms with Gasteiger partial charge in [0.05, 0.1) is 23.8 Å². The number of halogens is 3. The standard InChI is InChI=1S/C22H21F3N4O2S2/c1-3-31-19(30)17-12(2)26-20(32)29-18(17)13-4-8-15(9-5-13)27-21(33)28-16-10-6-14(7-11-16)22(23,24)25/h4-11,18H,3H2,1-2H3,(H2,26,29,32)(H2,27,28,33). The number of benzene rings is 2. The fourth-order valence-corrected chi connectivity index (χ4v) is 3.72. The average Bonchev–Trinajstić information content (AvgIpc) is 2.73. The maximum absolute atomic E-state index is 12.7. The van der Waals surface area contributed by atoms with Gasteiger partial charge in [-0.25, -0.2) is 4.79 Å². The zero-order valence-corrected chi connectivity index (χ0v) is 19.3. The second-order valence-corrected chi connectivity index (χ2v) is 7.88. The molecule has 33 heavy (non-hydrogen) atoms. The topological polar surface area (TPSA) is 74.4 Å². The third-order valence-corrected chi connectivity index (χ3v) is 5.16. The molecule has 2 aromatic rings. The number of anilines is 2. The van der Waals surface area contributed by atoms with E-state index in [4.69, 9.17) is 29.2 Å². The molecule has 0 bridgehead atoms. The van der Waals surface area contributed by atoms with Crippen LogP contribution in [0.15, 0.2) is 59.8 Å². The lowest BCUT2D eigenvalue weighted by molar-refractivity contribution is -0.139. The summed E-state index contributed by atoms with van der Waals surface area (Å²) in [7, 11) is 0. The van der Waals surface area contributed by atoms with Gasteiger partial charge in [-0.05, 0) is 80.2 Å². The highest BCUT2D eigenvalue weighted by atomic mass is 32.1. The van der Waals surface area contributed by atoms with Crippen LogP contribution in [-0.2, 0) is 15.7 Å². The van der Waals surface area contributed by atoms with Crippen LogP contribution >= 0.6 is 24.4 Å². The lowest BCUT2D eigenvalue weighted by Gasteiger charge is -2.30. The smallest absolute Gasteiger partial charge is 0.416 e. The van der Waals surface area contributed by atoms with E-state index < -0.39 is 23.8 Å². The molecule has 2 aromatic carbocycles. The van der Waals surface area contributed by atoms with Gasteiger partial charge >= 0.3 is 12.1 Å². The van der Waals surface area contributed by atoms with E-state index in [0.29, 0.717) is 27.8 Å². The van der Waals surface area contributed by atoms with Crippen LogP contribution in [0.2, 0.25) is 0 Å². The molecule has 1 aliphatic heterocycles. The lowest BCUT2D eigenvalue weighted by atomic mass is 9.95. The van der Waals surface area contributed by atoms with Crippen molar-refractivity contribution in [3.63, 3.8) is 0 Å². The largest absolute Gasteiger partial charge is 0.463 e. The fraction of sp³-hybridized carbons (Fsp3) is 0.227. The molecule has 0 radical (unpaired) electrons. The third-order valence-electron chi connectivity index (χ3n) is 4.74. The summed E-state index contributed by atoms with van der Waals surface area (Å²) in [5.41, 5.74) is 2.17. The Hall–Kier alpha value is -3.18. The summed E-state index contributed by atoms with van der Waals surface area (Å²) in [5.74, 6) is -0.438. The number of hydrogen-bond acceptors (Lipinski definition) is 4. The highest BCUT2D eigenvalue weighted by Crippen LogP contribution is 2.30. The molecule has 0 fully saturated rings. The van der Waals surface area contributed by atoms with Crippen LogP contribution in [-0.4, -0.2) is 22.8 Å². The molecule has 11 heteroatoms. The Labute approximate surface area is 199 Å². The summed E-state index contributed by atoms with van der Waals surface area (Å²) in [5, 5.41) is 12.4. The summed E-state index contributed by atoms with van der Waals surface area (Å²) in [4.78, 5) is 12.5. The van der Waals surface area contributed by atoms with E-state index in [1.54, 1.807) is 38.1 Å². The molecule has 6 nitrogen and oxygen atoms in total. The second kappa shape index (κ2) is 10.2. The van der Waals surface area contributed by atoms with Crippen molar-refractivity contribution in [2.75, 3.05) is 17.2 Å². The SMILES string of the molecule is CCOC(=O)C1=C(C)NC(=S)NC1c1ccc(NC(=S)Nc2ccc(C(F)(F)F)cc2)cc1. The molecule has 0 aliphatic carbocycles. The van der Waals surface area contributed by atoms with Gasteiger partial charge in [-0.15, -0.1) is 0 Å². The first-order chi connectivity index (χ1) is 15.6. The van der Waals surface area contributed by atoms with Gasteiger partial charge in [-0.3, -0.25) is 0 Å². The van der Waals surface area contributed by atoms with Crippen LogP contribution in [0.3, 0.4) is 0 Å². The number of ether oxygens (including phenoxy) is 1. The van der Waals surface area contributed by atoms with Crippen molar-refractivity contribution in [1.82, 2.24) is 10.6 Å². The van der Waals surface area contributed by atoms with E-state index in [1.807, 2.05) is 0 Å². The molecule has 1 heterocycles. The maximum Gasteiger partial charge on any atom is 0.416 e. The Morgan fingerprint density at radius 1 is 1.06 bits per heavy atom. The molecule has 0 aromatic heterocycles. The van der Waals surface area contributed by atoms with E-state index >= 15 is 0 Å². The van der Waals surface area contributed by atoms with Crippen molar-refractivity contribution in [2.24, 2.45) is 0 Å². The molecule has 1 unspecified atom stereocenters. The first kappa shape index (κ1) is 24.5. The number of allylic oxidation sites excluding steroid dienone is 1. The Bertz CT molecular complexity index is 1080. The van der Waals surface area contributed by atoms with Crippen molar-refractivity contribution < 1.29 is 22.7 Å². The Morgan fingerprint density at radius 2 is 1.61 bits per heavy atom. The van der Waals surface area contributed by atoms with E-state index in [1.165, 1.54) is 12.1 Å². The van der Waals surface area contributed by atoms with Crippen molar-refractivity contribution in [1.29, 1.82) is 0 Å². The number of carbonyl (C=O) groups excluding carboxylic acids is 1. The minimum absolute atomic E-state index is 0.214. The molecular formula is C22H21F3N4O2S2. The van der Waals surface area contributed by atoms with Gasteiger partial charge in [0.2, 0.25) is 0 Å². The van der Waals surface area contributed by atoms with Crippen LogP contribution in [0, 0.1) is 0 Å². The van der Waals surface area contributed by atoms with Crippen LogP contribution < -0.4 is 21.3 Å². The minimum Gasteiger partial charge on any atom is -0.463 e. The highest BCUT2D eigenvalue weighted by Gasteiger charge is 2.31. The Kier molecular flexibility index (Phi) is 7.54. The van der Waals surface area contributed by atoms with Gasteiger partial charge in [0.15, 0.2) is 10.2 Å². The average molecular weight is 495 g/mol. The van der Waals surface area contributed by atoms with Crippen LogP contribution in [0.1, 0.15) is 31.0 Å². The molecule has 1 atom stereocenters. The first-order valence-electron chi connectivity index (χ1n) is 9.89. The van der Waals surface area contributed by atoms with Crippen LogP contribution in [0.25, 0.3) is 0 Å². The van der Waals surface area contributed by atoms with Gasteiger partial charge in [-0.1, -0.05) is 12.1 Å². The normalized spacial score (nSPS) is 15.9. The molecule has 0 saturated heterocycles. The number of nitrogens with one attached hydrogen (secondary N) is 4. The summed E-state index contributed by atoms with van der Waals surface area (Å²) in [6.45, 7) is 3.74. The van der Waals surface area contributed by atoms with Gasteiger partial charge in [0.1, 0.15) is 0 Å². The second-order valence-electron chi connectivity index (χ2n) is 7.07. The lowest BCUT2D eigenvalue weighted by Crippen LogP contribution is -2.45. The monoisotopic (exact) mass is 494 g/mol. The number of alkyl halides is 3. The molecule has 4 N–H and O–H groups in total. The number of rotatable bonds is 5.